The molecule has 13 heavy (non-hydrogen) atoms. The second-order valence-electron chi connectivity index (χ2n) is 3.50. The maximum Gasteiger partial charge on any atom is 0.216 e. The highest BCUT2D eigenvalue weighted by atomic mass is 35.5. The van der Waals surface area contributed by atoms with Gasteiger partial charge in [0.15, 0.2) is 0 Å². The van der Waals surface area contributed by atoms with Crippen LogP contribution in [-0.4, -0.2) is 37.1 Å². The summed E-state index contributed by atoms with van der Waals surface area (Å²) in [5, 5.41) is -0.331. The monoisotopic (exact) mass is 228 g/mol. The molecule has 1 aliphatic rings. The molecule has 0 amide bonds. The van der Waals surface area contributed by atoms with Crippen molar-refractivity contribution in [2.45, 2.75) is 31.6 Å². The van der Waals surface area contributed by atoms with E-state index in [0.29, 0.717) is 13.1 Å². The van der Waals surface area contributed by atoms with Crippen molar-refractivity contribution in [3.8, 4) is 0 Å². The Kier molecular flexibility index (Phi) is 4.65. The van der Waals surface area contributed by atoms with E-state index in [9.17, 15) is 8.42 Å². The molecule has 1 rings (SSSR count). The highest BCUT2D eigenvalue weighted by molar-refractivity contribution is 7.89. The van der Waals surface area contributed by atoms with Gasteiger partial charge in [-0.15, -0.1) is 12.4 Å². The van der Waals surface area contributed by atoms with Gasteiger partial charge >= 0.3 is 0 Å². The lowest BCUT2D eigenvalue weighted by molar-refractivity contribution is 0.465. The van der Waals surface area contributed by atoms with Gasteiger partial charge in [-0.25, -0.2) is 12.7 Å². The van der Waals surface area contributed by atoms with Gasteiger partial charge in [-0.05, 0) is 20.3 Å². The van der Waals surface area contributed by atoms with Crippen LogP contribution in [0.3, 0.4) is 0 Å². The summed E-state index contributed by atoms with van der Waals surface area (Å²) in [6.07, 6.45) is 0.784. The van der Waals surface area contributed by atoms with Crippen molar-refractivity contribution in [2.24, 2.45) is 5.73 Å². The summed E-state index contributed by atoms with van der Waals surface area (Å²) in [6, 6.07) is 0.0264. The van der Waals surface area contributed by atoms with Gasteiger partial charge in [-0.1, -0.05) is 0 Å². The van der Waals surface area contributed by atoms with E-state index in [4.69, 9.17) is 5.73 Å². The molecule has 0 saturated carbocycles. The normalized spacial score (nSPS) is 24.8. The lowest BCUT2D eigenvalue weighted by Gasteiger charge is -2.18. The first-order chi connectivity index (χ1) is 5.44. The largest absolute Gasteiger partial charge is 0.326 e. The Morgan fingerprint density at radius 2 is 2.00 bits per heavy atom. The highest BCUT2D eigenvalue weighted by Gasteiger charge is 2.31. The number of halogens is 1. The van der Waals surface area contributed by atoms with Crippen LogP contribution in [0, 0.1) is 0 Å². The van der Waals surface area contributed by atoms with Crippen molar-refractivity contribution >= 4 is 22.4 Å². The van der Waals surface area contributed by atoms with Crippen molar-refractivity contribution in [3.63, 3.8) is 0 Å². The molecule has 0 aromatic rings. The third kappa shape index (κ3) is 2.80. The minimum Gasteiger partial charge on any atom is -0.326 e. The summed E-state index contributed by atoms with van der Waals surface area (Å²) in [4.78, 5) is 0. The molecule has 2 N–H and O–H groups in total. The van der Waals surface area contributed by atoms with Crippen LogP contribution >= 0.6 is 12.4 Å². The average Bonchev–Trinajstić information content (AvgIpc) is 2.35. The van der Waals surface area contributed by atoms with E-state index in [0.717, 1.165) is 6.42 Å². The quantitative estimate of drug-likeness (QED) is 0.734. The molecule has 0 aliphatic carbocycles. The zero-order chi connectivity index (χ0) is 9.35. The first-order valence-electron chi connectivity index (χ1n) is 4.19. The fourth-order valence-corrected chi connectivity index (χ4v) is 2.64. The molecule has 1 atom stereocenters. The van der Waals surface area contributed by atoms with Crippen molar-refractivity contribution in [3.05, 3.63) is 0 Å². The zero-order valence-corrected chi connectivity index (χ0v) is 9.57. The van der Waals surface area contributed by atoms with Crippen molar-refractivity contribution in [1.29, 1.82) is 0 Å². The molecule has 0 bridgehead atoms. The molecule has 80 valence electrons. The third-order valence-corrected chi connectivity index (χ3v) is 4.39. The Bertz CT molecular complexity index is 253. The van der Waals surface area contributed by atoms with Gasteiger partial charge in [0, 0.05) is 19.1 Å². The summed E-state index contributed by atoms with van der Waals surface area (Å²) >= 11 is 0. The molecular weight excluding hydrogens is 212 g/mol. The first-order valence-corrected chi connectivity index (χ1v) is 5.69. The lowest BCUT2D eigenvalue weighted by Crippen LogP contribution is -2.36. The summed E-state index contributed by atoms with van der Waals surface area (Å²) in [6.45, 7) is 4.46. The Labute approximate surface area is 85.9 Å². The van der Waals surface area contributed by atoms with Gasteiger partial charge in [0.2, 0.25) is 10.0 Å². The Morgan fingerprint density at radius 3 is 2.31 bits per heavy atom. The van der Waals surface area contributed by atoms with E-state index < -0.39 is 10.0 Å². The Balaban J connectivity index is 0.00000144. The zero-order valence-electron chi connectivity index (χ0n) is 7.93. The molecule has 0 radical (unpaired) electrons. The fourth-order valence-electron chi connectivity index (χ4n) is 1.28. The molecule has 1 heterocycles. The molecule has 0 spiro atoms. The third-order valence-electron chi connectivity index (χ3n) is 2.14. The van der Waals surface area contributed by atoms with E-state index in [1.54, 1.807) is 13.8 Å². The van der Waals surface area contributed by atoms with Crippen LogP contribution in [0.25, 0.3) is 0 Å². The molecule has 1 saturated heterocycles. The van der Waals surface area contributed by atoms with E-state index in [1.807, 2.05) is 0 Å². The van der Waals surface area contributed by atoms with E-state index in [-0.39, 0.29) is 23.7 Å². The molecule has 4 nitrogen and oxygen atoms in total. The van der Waals surface area contributed by atoms with Gasteiger partial charge in [-0.3, -0.25) is 0 Å². The minimum absolute atomic E-state index is 0. The number of sulfonamides is 1. The van der Waals surface area contributed by atoms with E-state index >= 15 is 0 Å². The summed E-state index contributed by atoms with van der Waals surface area (Å²) in [5.41, 5.74) is 5.62. The molecule has 0 unspecified atom stereocenters. The van der Waals surface area contributed by atoms with Crippen LogP contribution in [0.1, 0.15) is 20.3 Å². The van der Waals surface area contributed by atoms with Crippen molar-refractivity contribution in [1.82, 2.24) is 4.31 Å². The van der Waals surface area contributed by atoms with Gasteiger partial charge in [0.05, 0.1) is 5.25 Å². The predicted octanol–water partition coefficient (Wildman–Crippen LogP) is 0.179. The second kappa shape index (κ2) is 4.59. The highest BCUT2D eigenvalue weighted by Crippen LogP contribution is 2.15. The van der Waals surface area contributed by atoms with Crippen LogP contribution in [-0.2, 0) is 10.0 Å². The fraction of sp³-hybridized carbons (Fsp3) is 1.00. The average molecular weight is 229 g/mol. The van der Waals surface area contributed by atoms with E-state index in [2.05, 4.69) is 0 Å². The SMILES string of the molecule is CC(C)S(=O)(=O)N1CC[C@H](N)C1.Cl. The van der Waals surface area contributed by atoms with Gasteiger partial charge < -0.3 is 5.73 Å². The number of rotatable bonds is 2. The number of hydrogen-bond acceptors (Lipinski definition) is 3. The Morgan fingerprint density at radius 1 is 1.46 bits per heavy atom. The van der Waals surface area contributed by atoms with E-state index in [1.165, 1.54) is 4.31 Å². The van der Waals surface area contributed by atoms with Crippen LogP contribution in [0.4, 0.5) is 0 Å². The summed E-state index contributed by atoms with van der Waals surface area (Å²) in [5.74, 6) is 0. The van der Waals surface area contributed by atoms with Crippen molar-refractivity contribution in [2.75, 3.05) is 13.1 Å². The predicted molar refractivity (Wildman–Crippen MR) is 55.5 cm³/mol. The first kappa shape index (κ1) is 13.2. The molecule has 0 aromatic heterocycles. The standard InChI is InChI=1S/C7H16N2O2S.ClH/c1-6(2)12(10,11)9-4-3-7(8)5-9;/h6-7H,3-5,8H2,1-2H3;1H/t7-;/m0./s1. The molecule has 1 fully saturated rings. The smallest absolute Gasteiger partial charge is 0.216 e. The summed E-state index contributed by atoms with van der Waals surface area (Å²) < 4.78 is 24.6. The second-order valence-corrected chi connectivity index (χ2v) is 5.99. The maximum absolute atomic E-state index is 11.5. The van der Waals surface area contributed by atoms with Crippen LogP contribution in [0.15, 0.2) is 0 Å². The molecule has 0 aromatic carbocycles. The van der Waals surface area contributed by atoms with Crippen LogP contribution in [0.2, 0.25) is 0 Å². The van der Waals surface area contributed by atoms with Crippen LogP contribution in [0.5, 0.6) is 0 Å². The van der Waals surface area contributed by atoms with Gasteiger partial charge in [0.25, 0.3) is 0 Å². The summed E-state index contributed by atoms with van der Waals surface area (Å²) in [7, 11) is -3.06. The Hall–Kier alpha value is 0.160. The van der Waals surface area contributed by atoms with Crippen LogP contribution < -0.4 is 5.73 Å². The molecule has 1 aliphatic heterocycles. The number of hydrogen-bond donors (Lipinski definition) is 1. The van der Waals surface area contributed by atoms with Crippen molar-refractivity contribution < 1.29 is 8.42 Å². The molecular formula is C7H17ClN2O2S. The lowest BCUT2D eigenvalue weighted by atomic mass is 10.3. The topological polar surface area (TPSA) is 63.4 Å². The minimum atomic E-state index is -3.06. The number of nitrogens with zero attached hydrogens (tertiary/aromatic N) is 1. The van der Waals surface area contributed by atoms with Gasteiger partial charge in [-0.2, -0.15) is 0 Å². The number of nitrogens with two attached hydrogens (primary N) is 1. The maximum atomic E-state index is 11.5. The molecule has 6 heteroatoms. The van der Waals surface area contributed by atoms with Gasteiger partial charge in [0.1, 0.15) is 0 Å².